The molecule has 1 amide bonds. The number of amides is 1. The second kappa shape index (κ2) is 7.49. The smallest absolute Gasteiger partial charge is 0.341 e. The van der Waals surface area contributed by atoms with Crippen LogP contribution in [-0.4, -0.2) is 38.2 Å². The van der Waals surface area contributed by atoms with Crippen molar-refractivity contribution in [1.29, 1.82) is 0 Å². The molecular formula is C14H20N2O4. The van der Waals surface area contributed by atoms with E-state index in [2.05, 4.69) is 5.32 Å². The summed E-state index contributed by atoms with van der Waals surface area (Å²) in [7, 11) is 1.54. The van der Waals surface area contributed by atoms with Crippen LogP contribution in [0.1, 0.15) is 22.8 Å². The minimum Gasteiger partial charge on any atom is -0.449 e. The van der Waals surface area contributed by atoms with Gasteiger partial charge in [0.05, 0.1) is 12.2 Å². The Balaban J connectivity index is 2.61. The third-order valence-electron chi connectivity index (χ3n) is 2.69. The molecule has 0 spiro atoms. The van der Waals surface area contributed by atoms with Crippen LogP contribution in [0.25, 0.3) is 0 Å². The van der Waals surface area contributed by atoms with Crippen LogP contribution in [0, 0.1) is 6.92 Å². The van der Waals surface area contributed by atoms with Gasteiger partial charge in [0.2, 0.25) is 0 Å². The molecule has 1 unspecified atom stereocenters. The maximum atomic E-state index is 12.0. The molecule has 0 aliphatic heterocycles. The number of anilines is 1. The normalized spacial score (nSPS) is 11.8. The van der Waals surface area contributed by atoms with Crippen molar-refractivity contribution in [3.8, 4) is 0 Å². The van der Waals surface area contributed by atoms with Gasteiger partial charge in [-0.05, 0) is 26.0 Å². The quantitative estimate of drug-likeness (QED) is 0.459. The van der Waals surface area contributed by atoms with E-state index in [9.17, 15) is 9.59 Å². The molecule has 3 N–H and O–H groups in total. The van der Waals surface area contributed by atoms with Gasteiger partial charge in [0.15, 0.2) is 6.10 Å². The number of esters is 1. The molecule has 0 saturated carbocycles. The first-order chi connectivity index (χ1) is 9.45. The molecule has 6 nitrogen and oxygen atoms in total. The van der Waals surface area contributed by atoms with Crippen molar-refractivity contribution < 1.29 is 19.1 Å². The van der Waals surface area contributed by atoms with Crippen LogP contribution in [0.2, 0.25) is 0 Å². The molecule has 110 valence electrons. The van der Waals surface area contributed by atoms with E-state index < -0.39 is 12.1 Å². The lowest BCUT2D eigenvalue weighted by Crippen LogP contribution is -2.37. The summed E-state index contributed by atoms with van der Waals surface area (Å²) in [4.78, 5) is 23.6. The van der Waals surface area contributed by atoms with Gasteiger partial charge >= 0.3 is 5.97 Å². The molecule has 1 atom stereocenters. The lowest BCUT2D eigenvalue weighted by atomic mass is 10.1. The van der Waals surface area contributed by atoms with E-state index in [4.69, 9.17) is 15.2 Å². The van der Waals surface area contributed by atoms with Crippen molar-refractivity contribution in [1.82, 2.24) is 5.32 Å². The van der Waals surface area contributed by atoms with Gasteiger partial charge in [0.1, 0.15) is 0 Å². The van der Waals surface area contributed by atoms with Crippen molar-refractivity contribution in [3.05, 3.63) is 29.3 Å². The Morgan fingerprint density at radius 2 is 2.10 bits per heavy atom. The predicted molar refractivity (Wildman–Crippen MR) is 75.4 cm³/mol. The van der Waals surface area contributed by atoms with Crippen molar-refractivity contribution in [2.45, 2.75) is 20.0 Å². The molecule has 1 rings (SSSR count). The number of nitrogens with two attached hydrogens (primary N) is 1. The van der Waals surface area contributed by atoms with E-state index in [-0.39, 0.29) is 11.5 Å². The van der Waals surface area contributed by atoms with Gasteiger partial charge in [0.25, 0.3) is 5.91 Å². The molecule has 0 bridgehead atoms. The Morgan fingerprint density at radius 1 is 1.40 bits per heavy atom. The number of hydrogen-bond acceptors (Lipinski definition) is 5. The van der Waals surface area contributed by atoms with Gasteiger partial charge in [0, 0.05) is 19.3 Å². The zero-order valence-electron chi connectivity index (χ0n) is 11.9. The number of aryl methyl sites for hydroxylation is 1. The third-order valence-corrected chi connectivity index (χ3v) is 2.69. The van der Waals surface area contributed by atoms with Gasteiger partial charge in [-0.15, -0.1) is 0 Å². The highest BCUT2D eigenvalue weighted by Crippen LogP contribution is 2.15. The van der Waals surface area contributed by atoms with Gasteiger partial charge < -0.3 is 20.5 Å². The fraction of sp³-hybridized carbons (Fsp3) is 0.429. The molecular weight excluding hydrogens is 260 g/mol. The van der Waals surface area contributed by atoms with Crippen molar-refractivity contribution in [2.24, 2.45) is 0 Å². The van der Waals surface area contributed by atoms with Crippen LogP contribution in [0.3, 0.4) is 0 Å². The molecule has 0 fully saturated rings. The average molecular weight is 280 g/mol. The SMILES string of the molecule is COCCNC(=O)C(C)OC(=O)c1cc(C)ccc1N. The van der Waals surface area contributed by atoms with Gasteiger partial charge in [-0.1, -0.05) is 11.6 Å². The lowest BCUT2D eigenvalue weighted by molar-refractivity contribution is -0.129. The van der Waals surface area contributed by atoms with Crippen molar-refractivity contribution in [2.75, 3.05) is 26.0 Å². The predicted octanol–water partition coefficient (Wildman–Crippen LogP) is 0.885. The molecule has 0 saturated heterocycles. The molecule has 6 heteroatoms. The summed E-state index contributed by atoms with van der Waals surface area (Å²) in [6.07, 6.45) is -0.890. The summed E-state index contributed by atoms with van der Waals surface area (Å²) in [6.45, 7) is 4.12. The maximum Gasteiger partial charge on any atom is 0.341 e. The molecule has 0 aromatic heterocycles. The largest absolute Gasteiger partial charge is 0.449 e. The number of benzene rings is 1. The fourth-order valence-electron chi connectivity index (χ4n) is 1.54. The molecule has 1 aromatic rings. The Kier molecular flexibility index (Phi) is 5.99. The number of carbonyl (C=O) groups excluding carboxylic acids is 2. The number of carbonyl (C=O) groups is 2. The highest BCUT2D eigenvalue weighted by atomic mass is 16.5. The number of rotatable bonds is 6. The molecule has 0 heterocycles. The number of hydrogen-bond donors (Lipinski definition) is 2. The van der Waals surface area contributed by atoms with Crippen LogP contribution < -0.4 is 11.1 Å². The van der Waals surface area contributed by atoms with E-state index in [1.807, 2.05) is 6.92 Å². The van der Waals surface area contributed by atoms with Crippen LogP contribution >= 0.6 is 0 Å². The van der Waals surface area contributed by atoms with Crippen LogP contribution in [-0.2, 0) is 14.3 Å². The Morgan fingerprint density at radius 3 is 2.75 bits per heavy atom. The second-order valence-corrected chi connectivity index (χ2v) is 4.42. The van der Waals surface area contributed by atoms with E-state index >= 15 is 0 Å². The zero-order valence-corrected chi connectivity index (χ0v) is 11.9. The summed E-state index contributed by atoms with van der Waals surface area (Å²) >= 11 is 0. The third kappa shape index (κ3) is 4.55. The van der Waals surface area contributed by atoms with Crippen LogP contribution in [0.15, 0.2) is 18.2 Å². The lowest BCUT2D eigenvalue weighted by Gasteiger charge is -2.14. The molecule has 20 heavy (non-hydrogen) atoms. The van der Waals surface area contributed by atoms with Gasteiger partial charge in [-0.25, -0.2) is 4.79 Å². The summed E-state index contributed by atoms with van der Waals surface area (Å²) < 4.78 is 9.91. The number of methoxy groups -OCH3 is 1. The topological polar surface area (TPSA) is 90.6 Å². The van der Waals surface area contributed by atoms with E-state index in [0.717, 1.165) is 5.56 Å². The molecule has 1 aromatic carbocycles. The fourth-order valence-corrected chi connectivity index (χ4v) is 1.54. The summed E-state index contributed by atoms with van der Waals surface area (Å²) in [5.74, 6) is -0.984. The van der Waals surface area contributed by atoms with Gasteiger partial charge in [-0.3, -0.25) is 4.79 Å². The molecule has 0 radical (unpaired) electrons. The monoisotopic (exact) mass is 280 g/mol. The number of ether oxygens (including phenoxy) is 2. The first-order valence-corrected chi connectivity index (χ1v) is 6.29. The van der Waals surface area contributed by atoms with Crippen molar-refractivity contribution in [3.63, 3.8) is 0 Å². The second-order valence-electron chi connectivity index (χ2n) is 4.42. The van der Waals surface area contributed by atoms with Gasteiger partial charge in [-0.2, -0.15) is 0 Å². The molecule has 0 aliphatic carbocycles. The Hall–Kier alpha value is -2.08. The van der Waals surface area contributed by atoms with Crippen LogP contribution in [0.5, 0.6) is 0 Å². The summed E-state index contributed by atoms with van der Waals surface area (Å²) in [6, 6.07) is 5.06. The van der Waals surface area contributed by atoms with E-state index in [1.165, 1.54) is 14.0 Å². The first-order valence-electron chi connectivity index (χ1n) is 6.29. The highest BCUT2D eigenvalue weighted by Gasteiger charge is 2.20. The number of nitrogen functional groups attached to an aromatic ring is 1. The average Bonchev–Trinajstić information content (AvgIpc) is 2.41. The number of nitrogens with one attached hydrogen (secondary N) is 1. The minimum atomic E-state index is -0.890. The molecule has 0 aliphatic rings. The highest BCUT2D eigenvalue weighted by molar-refractivity contribution is 5.96. The minimum absolute atomic E-state index is 0.265. The van der Waals surface area contributed by atoms with Crippen LogP contribution in [0.4, 0.5) is 5.69 Å². The Bertz CT molecular complexity index is 488. The first kappa shape index (κ1) is 16.0. The zero-order chi connectivity index (χ0) is 15.1. The summed E-state index contributed by atoms with van der Waals surface area (Å²) in [5, 5.41) is 2.59. The van der Waals surface area contributed by atoms with Crippen molar-refractivity contribution >= 4 is 17.6 Å². The standard InChI is InChI=1S/C14H20N2O4/c1-9-4-5-12(15)11(8-9)14(18)20-10(2)13(17)16-6-7-19-3/h4-5,8,10H,6-7,15H2,1-3H3,(H,16,17). The maximum absolute atomic E-state index is 12.0. The van der Waals surface area contributed by atoms with E-state index in [0.29, 0.717) is 18.8 Å². The van der Waals surface area contributed by atoms with E-state index in [1.54, 1.807) is 18.2 Å². The Labute approximate surface area is 118 Å². The summed E-state index contributed by atoms with van der Waals surface area (Å²) in [5.41, 5.74) is 7.21.